The molecule has 0 radical (unpaired) electrons. The van der Waals surface area contributed by atoms with E-state index in [2.05, 4.69) is 36.5 Å². The summed E-state index contributed by atoms with van der Waals surface area (Å²) in [6, 6.07) is 9.65. The Morgan fingerprint density at radius 2 is 2.05 bits per heavy atom. The van der Waals surface area contributed by atoms with Gasteiger partial charge in [0.2, 0.25) is 0 Å². The molecule has 3 atom stereocenters. The van der Waals surface area contributed by atoms with E-state index in [4.69, 9.17) is 4.74 Å². The molecule has 116 valence electrons. The fourth-order valence-electron chi connectivity index (χ4n) is 4.11. The minimum absolute atomic E-state index is 0.638. The fraction of sp³-hybridized carbons (Fsp3) is 0.684. The Hall–Kier alpha value is -0.860. The van der Waals surface area contributed by atoms with Crippen LogP contribution in [0.5, 0.6) is 0 Å². The van der Waals surface area contributed by atoms with E-state index in [0.29, 0.717) is 12.0 Å². The zero-order valence-electron chi connectivity index (χ0n) is 13.3. The Morgan fingerprint density at radius 1 is 1.19 bits per heavy atom. The zero-order valence-corrected chi connectivity index (χ0v) is 13.3. The molecule has 1 aromatic rings. The van der Waals surface area contributed by atoms with Crippen molar-refractivity contribution in [2.75, 3.05) is 19.8 Å². The van der Waals surface area contributed by atoms with Crippen molar-refractivity contribution in [1.29, 1.82) is 0 Å². The predicted octanol–water partition coefficient (Wildman–Crippen LogP) is 3.59. The van der Waals surface area contributed by atoms with E-state index in [-0.39, 0.29) is 0 Å². The monoisotopic (exact) mass is 287 g/mol. The van der Waals surface area contributed by atoms with Crippen LogP contribution in [0.25, 0.3) is 0 Å². The summed E-state index contributed by atoms with van der Waals surface area (Å²) in [5.74, 6) is 1.48. The highest BCUT2D eigenvalue weighted by Crippen LogP contribution is 2.32. The lowest BCUT2D eigenvalue weighted by Crippen LogP contribution is -2.47. The smallest absolute Gasteiger partial charge is 0.0509 e. The van der Waals surface area contributed by atoms with E-state index >= 15 is 0 Å². The Morgan fingerprint density at radius 3 is 2.81 bits per heavy atom. The number of aryl methyl sites for hydroxylation is 1. The van der Waals surface area contributed by atoms with Gasteiger partial charge in [-0.3, -0.25) is 0 Å². The van der Waals surface area contributed by atoms with Crippen molar-refractivity contribution in [1.82, 2.24) is 5.32 Å². The van der Waals surface area contributed by atoms with Crippen LogP contribution < -0.4 is 5.32 Å². The van der Waals surface area contributed by atoms with Crippen molar-refractivity contribution in [3.63, 3.8) is 0 Å². The van der Waals surface area contributed by atoms with Crippen LogP contribution in [0, 0.1) is 11.8 Å². The molecule has 1 heterocycles. The quantitative estimate of drug-likeness (QED) is 0.893. The third-order valence-corrected chi connectivity index (χ3v) is 5.23. The molecule has 1 aromatic carbocycles. The largest absolute Gasteiger partial charge is 0.381 e. The summed E-state index contributed by atoms with van der Waals surface area (Å²) in [6.45, 7) is 5.32. The number of ether oxygens (including phenoxy) is 1. The number of hydrogen-bond acceptors (Lipinski definition) is 2. The van der Waals surface area contributed by atoms with E-state index < -0.39 is 0 Å². The van der Waals surface area contributed by atoms with E-state index in [0.717, 1.165) is 25.7 Å². The molecule has 1 aliphatic carbocycles. The lowest BCUT2D eigenvalue weighted by Gasteiger charge is -2.38. The summed E-state index contributed by atoms with van der Waals surface area (Å²) in [5.41, 5.74) is 3.15. The van der Waals surface area contributed by atoms with Crippen molar-refractivity contribution in [2.45, 2.75) is 51.5 Å². The van der Waals surface area contributed by atoms with Gasteiger partial charge in [-0.2, -0.15) is 0 Å². The second-order valence-corrected chi connectivity index (χ2v) is 6.73. The lowest BCUT2D eigenvalue weighted by atomic mass is 9.75. The molecular weight excluding hydrogens is 258 g/mol. The molecule has 3 unspecified atom stereocenters. The summed E-state index contributed by atoms with van der Waals surface area (Å²) in [6.07, 6.45) is 7.60. The molecule has 21 heavy (non-hydrogen) atoms. The molecular formula is C19H29NO. The third-order valence-electron chi connectivity index (χ3n) is 5.23. The molecule has 0 spiro atoms. The van der Waals surface area contributed by atoms with Crippen molar-refractivity contribution < 1.29 is 4.74 Å². The van der Waals surface area contributed by atoms with Gasteiger partial charge in [-0.25, -0.2) is 0 Å². The fourth-order valence-corrected chi connectivity index (χ4v) is 4.11. The molecule has 1 fully saturated rings. The average Bonchev–Trinajstić information content (AvgIpc) is 2.56. The third kappa shape index (κ3) is 3.67. The maximum Gasteiger partial charge on any atom is 0.0509 e. The summed E-state index contributed by atoms with van der Waals surface area (Å²) < 4.78 is 5.76. The summed E-state index contributed by atoms with van der Waals surface area (Å²) >= 11 is 0. The van der Waals surface area contributed by atoms with Gasteiger partial charge >= 0.3 is 0 Å². The Bertz CT molecular complexity index is 439. The Kier molecular flexibility index (Phi) is 5.32. The topological polar surface area (TPSA) is 21.3 Å². The van der Waals surface area contributed by atoms with Crippen LogP contribution in [0.1, 0.15) is 43.7 Å². The zero-order chi connectivity index (χ0) is 14.5. The van der Waals surface area contributed by atoms with E-state index in [9.17, 15) is 0 Å². The second kappa shape index (κ2) is 7.42. The van der Waals surface area contributed by atoms with Crippen LogP contribution in [0.3, 0.4) is 0 Å². The molecule has 0 aromatic heterocycles. The maximum atomic E-state index is 5.76. The minimum atomic E-state index is 0.638. The first-order valence-corrected chi connectivity index (χ1v) is 8.76. The normalized spacial score (nSPS) is 27.1. The van der Waals surface area contributed by atoms with Gasteiger partial charge < -0.3 is 10.1 Å². The molecule has 2 heteroatoms. The highest BCUT2D eigenvalue weighted by molar-refractivity contribution is 5.30. The van der Waals surface area contributed by atoms with Gasteiger partial charge in [0.25, 0.3) is 0 Å². The average molecular weight is 287 g/mol. The number of hydrogen-bond donors (Lipinski definition) is 1. The van der Waals surface area contributed by atoms with E-state index in [1.807, 2.05) is 0 Å². The first-order valence-electron chi connectivity index (χ1n) is 8.76. The van der Waals surface area contributed by atoms with Gasteiger partial charge in [0.1, 0.15) is 0 Å². The van der Waals surface area contributed by atoms with Gasteiger partial charge in [-0.15, -0.1) is 0 Å². The Balaban J connectivity index is 1.71. The predicted molar refractivity (Wildman–Crippen MR) is 87.6 cm³/mol. The van der Waals surface area contributed by atoms with Crippen molar-refractivity contribution in [3.8, 4) is 0 Å². The molecule has 1 N–H and O–H groups in total. The number of rotatable bonds is 5. The van der Waals surface area contributed by atoms with Gasteiger partial charge in [-0.1, -0.05) is 31.2 Å². The maximum absolute atomic E-state index is 5.76. The standard InChI is InChI=1S/C19H29NO/c1-2-11-20-19(18-8-5-12-21-14-18)17-10-9-15-6-3-4-7-16(15)13-17/h3-4,6-7,17-20H,2,5,8-14H2,1H3. The molecule has 2 nitrogen and oxygen atoms in total. The molecule has 1 saturated heterocycles. The van der Waals surface area contributed by atoms with Gasteiger partial charge in [-0.05, 0) is 68.0 Å². The van der Waals surface area contributed by atoms with Gasteiger partial charge in [0.15, 0.2) is 0 Å². The van der Waals surface area contributed by atoms with Crippen molar-refractivity contribution in [3.05, 3.63) is 35.4 Å². The van der Waals surface area contributed by atoms with E-state index in [1.54, 1.807) is 11.1 Å². The summed E-state index contributed by atoms with van der Waals surface area (Å²) in [4.78, 5) is 0. The van der Waals surface area contributed by atoms with Gasteiger partial charge in [0.05, 0.1) is 6.61 Å². The van der Waals surface area contributed by atoms with Crippen LogP contribution in [0.4, 0.5) is 0 Å². The van der Waals surface area contributed by atoms with Crippen molar-refractivity contribution in [2.24, 2.45) is 11.8 Å². The number of fused-ring (bicyclic) bond motifs is 1. The summed E-state index contributed by atoms with van der Waals surface area (Å²) in [5, 5.41) is 3.86. The summed E-state index contributed by atoms with van der Waals surface area (Å²) in [7, 11) is 0. The van der Waals surface area contributed by atoms with Crippen LogP contribution >= 0.6 is 0 Å². The first kappa shape index (κ1) is 15.1. The van der Waals surface area contributed by atoms with Crippen LogP contribution in [-0.4, -0.2) is 25.8 Å². The van der Waals surface area contributed by atoms with E-state index in [1.165, 1.54) is 38.5 Å². The second-order valence-electron chi connectivity index (χ2n) is 6.73. The van der Waals surface area contributed by atoms with Crippen LogP contribution in [0.15, 0.2) is 24.3 Å². The van der Waals surface area contributed by atoms with Gasteiger partial charge in [0, 0.05) is 12.6 Å². The minimum Gasteiger partial charge on any atom is -0.381 e. The molecule has 0 amide bonds. The number of nitrogens with one attached hydrogen (secondary N) is 1. The lowest BCUT2D eigenvalue weighted by molar-refractivity contribution is 0.0271. The molecule has 1 aliphatic heterocycles. The highest BCUT2D eigenvalue weighted by atomic mass is 16.5. The van der Waals surface area contributed by atoms with Crippen LogP contribution in [-0.2, 0) is 17.6 Å². The molecule has 0 bridgehead atoms. The Labute approximate surface area is 129 Å². The SMILES string of the molecule is CCCNC(C1CCCOC1)C1CCc2ccccc2C1. The first-order chi connectivity index (χ1) is 10.4. The number of benzene rings is 1. The molecule has 2 aliphatic rings. The molecule has 0 saturated carbocycles. The highest BCUT2D eigenvalue weighted by Gasteiger charge is 2.32. The van der Waals surface area contributed by atoms with Crippen LogP contribution in [0.2, 0.25) is 0 Å². The van der Waals surface area contributed by atoms with Crippen molar-refractivity contribution >= 4 is 0 Å². The molecule has 3 rings (SSSR count).